The number of nitrogens with one attached hydrogen (secondary N) is 2. The van der Waals surface area contributed by atoms with Crippen LogP contribution in [0.3, 0.4) is 0 Å². The molecule has 0 fully saturated rings. The van der Waals surface area contributed by atoms with Crippen molar-refractivity contribution < 1.29 is 18.7 Å². The Morgan fingerprint density at radius 1 is 1.04 bits per heavy atom. The molecule has 3 aromatic rings. The van der Waals surface area contributed by atoms with Crippen molar-refractivity contribution >= 4 is 23.0 Å². The van der Waals surface area contributed by atoms with Gasteiger partial charge in [-0.2, -0.15) is 0 Å². The minimum atomic E-state index is -0.784. The van der Waals surface area contributed by atoms with Gasteiger partial charge in [-0.1, -0.05) is 36.4 Å². The van der Waals surface area contributed by atoms with Crippen LogP contribution in [0.15, 0.2) is 57.7 Å². The fourth-order valence-electron chi connectivity index (χ4n) is 2.70. The number of rotatable bonds is 3. The van der Waals surface area contributed by atoms with Crippen molar-refractivity contribution in [1.82, 2.24) is 10.9 Å². The molecule has 0 aliphatic heterocycles. The number of carbonyl (C=O) groups excluding carboxylic acids is 2. The van der Waals surface area contributed by atoms with E-state index in [2.05, 4.69) is 15.6 Å². The molecular formula is C20H18N2O5. The van der Waals surface area contributed by atoms with Crippen molar-refractivity contribution in [1.29, 1.82) is 0 Å². The highest BCUT2D eigenvalue weighted by atomic mass is 16.6. The van der Waals surface area contributed by atoms with Crippen molar-refractivity contribution in [3.05, 3.63) is 69.9 Å². The fourth-order valence-corrected chi connectivity index (χ4v) is 2.70. The van der Waals surface area contributed by atoms with E-state index in [0.29, 0.717) is 11.3 Å². The number of fused-ring (bicyclic) bond motifs is 1. The lowest BCUT2D eigenvalue weighted by molar-refractivity contribution is 0.0913. The molecule has 0 radical (unpaired) electrons. The maximum Gasteiger partial charge on any atom is 0.426 e. The highest BCUT2D eigenvalue weighted by molar-refractivity contribution is 6.05. The Bertz CT molecular complexity index is 1060. The quantitative estimate of drug-likeness (QED) is 0.694. The van der Waals surface area contributed by atoms with Crippen LogP contribution in [0.1, 0.15) is 22.8 Å². The topological polar surface area (TPSA) is 97.6 Å². The Morgan fingerprint density at radius 2 is 1.78 bits per heavy atom. The molecule has 1 heterocycles. The number of hydrazine groups is 1. The predicted molar refractivity (Wildman–Crippen MR) is 100 cm³/mol. The second kappa shape index (κ2) is 7.74. The molecule has 0 unspecified atom stereocenters. The Labute approximate surface area is 154 Å². The molecule has 27 heavy (non-hydrogen) atoms. The van der Waals surface area contributed by atoms with Crippen molar-refractivity contribution in [2.45, 2.75) is 13.8 Å². The van der Waals surface area contributed by atoms with E-state index in [9.17, 15) is 14.4 Å². The smallest absolute Gasteiger partial charge is 0.426 e. The van der Waals surface area contributed by atoms with Gasteiger partial charge in [-0.3, -0.25) is 15.0 Å². The van der Waals surface area contributed by atoms with Crippen LogP contribution in [0.4, 0.5) is 4.79 Å². The van der Waals surface area contributed by atoms with Crippen LogP contribution in [0.25, 0.3) is 22.3 Å². The van der Waals surface area contributed by atoms with Crippen LogP contribution >= 0.6 is 0 Å². The minimum absolute atomic E-state index is 0.124. The second-order valence-corrected chi connectivity index (χ2v) is 5.73. The first-order valence-electron chi connectivity index (χ1n) is 8.38. The van der Waals surface area contributed by atoms with Crippen LogP contribution in [0, 0.1) is 6.92 Å². The standard InChI is InChI=1S/C20H18N2O5/c1-3-26-20(25)22-21-19(24)15-11-7-10-14-16(23)12(2)17(27-18(14)15)13-8-5-4-6-9-13/h4-11H,3H2,1-2H3,(H,21,24)(H,22,25). The molecule has 7 nitrogen and oxygen atoms in total. The Balaban J connectivity index is 2.07. The van der Waals surface area contributed by atoms with Crippen molar-refractivity contribution in [2.75, 3.05) is 6.61 Å². The van der Waals surface area contributed by atoms with Crippen molar-refractivity contribution in [3.63, 3.8) is 0 Å². The normalized spacial score (nSPS) is 10.4. The zero-order valence-electron chi connectivity index (χ0n) is 14.9. The second-order valence-electron chi connectivity index (χ2n) is 5.73. The van der Waals surface area contributed by atoms with E-state index in [1.165, 1.54) is 6.07 Å². The van der Waals surface area contributed by atoms with Gasteiger partial charge in [-0.25, -0.2) is 10.2 Å². The fraction of sp³-hybridized carbons (Fsp3) is 0.150. The van der Waals surface area contributed by atoms with Gasteiger partial charge in [0, 0.05) is 11.1 Å². The average Bonchev–Trinajstić information content (AvgIpc) is 2.69. The molecule has 0 aliphatic rings. The van der Waals surface area contributed by atoms with E-state index < -0.39 is 12.0 Å². The van der Waals surface area contributed by atoms with Gasteiger partial charge in [-0.05, 0) is 26.0 Å². The Kier molecular flexibility index (Phi) is 5.21. The number of ether oxygens (including phenoxy) is 1. The molecule has 0 atom stereocenters. The van der Waals surface area contributed by atoms with Gasteiger partial charge in [0.05, 0.1) is 17.6 Å². The van der Waals surface area contributed by atoms with Crippen LogP contribution in [-0.4, -0.2) is 18.6 Å². The molecule has 0 saturated carbocycles. The number of amides is 2. The lowest BCUT2D eigenvalue weighted by Gasteiger charge is -2.11. The average molecular weight is 366 g/mol. The van der Waals surface area contributed by atoms with E-state index in [0.717, 1.165) is 5.56 Å². The molecule has 2 N–H and O–H groups in total. The summed E-state index contributed by atoms with van der Waals surface area (Å²) in [6.45, 7) is 3.50. The molecule has 7 heteroatoms. The minimum Gasteiger partial charge on any atom is -0.455 e. The zero-order valence-corrected chi connectivity index (χ0v) is 14.9. The first-order chi connectivity index (χ1) is 13.0. The van der Waals surface area contributed by atoms with Crippen molar-refractivity contribution in [2.24, 2.45) is 0 Å². The Hall–Kier alpha value is -3.61. The van der Waals surface area contributed by atoms with E-state index >= 15 is 0 Å². The first-order valence-corrected chi connectivity index (χ1v) is 8.38. The summed E-state index contributed by atoms with van der Waals surface area (Å²) in [5.41, 5.74) is 5.62. The number of hydrogen-bond donors (Lipinski definition) is 2. The lowest BCUT2D eigenvalue weighted by atomic mass is 10.0. The maximum atomic E-state index is 12.8. The summed E-state index contributed by atoms with van der Waals surface area (Å²) in [7, 11) is 0. The number of para-hydroxylation sites is 1. The summed E-state index contributed by atoms with van der Waals surface area (Å²) in [5, 5.41) is 0.288. The van der Waals surface area contributed by atoms with E-state index in [1.54, 1.807) is 26.0 Å². The van der Waals surface area contributed by atoms with Gasteiger partial charge in [0.2, 0.25) is 0 Å². The highest BCUT2D eigenvalue weighted by Gasteiger charge is 2.18. The molecule has 138 valence electrons. The molecule has 2 amide bonds. The molecular weight excluding hydrogens is 348 g/mol. The number of carbonyl (C=O) groups is 2. The van der Waals surface area contributed by atoms with Crippen LogP contribution in [-0.2, 0) is 4.74 Å². The maximum absolute atomic E-state index is 12.8. The molecule has 3 rings (SSSR count). The summed E-state index contributed by atoms with van der Waals surface area (Å²) in [5.74, 6) is -0.230. The summed E-state index contributed by atoms with van der Waals surface area (Å²) >= 11 is 0. The lowest BCUT2D eigenvalue weighted by Crippen LogP contribution is -2.42. The van der Waals surface area contributed by atoms with Gasteiger partial charge in [0.15, 0.2) is 11.0 Å². The van der Waals surface area contributed by atoms with Gasteiger partial charge >= 0.3 is 6.09 Å². The van der Waals surface area contributed by atoms with Crippen LogP contribution in [0.2, 0.25) is 0 Å². The van der Waals surface area contributed by atoms with E-state index in [-0.39, 0.29) is 28.6 Å². The van der Waals surface area contributed by atoms with Gasteiger partial charge in [-0.15, -0.1) is 0 Å². The third-order valence-corrected chi connectivity index (χ3v) is 3.98. The molecule has 1 aromatic heterocycles. The van der Waals surface area contributed by atoms with E-state index in [1.807, 2.05) is 30.3 Å². The summed E-state index contributed by atoms with van der Waals surface area (Å²) in [6.07, 6.45) is -0.784. The van der Waals surface area contributed by atoms with E-state index in [4.69, 9.17) is 4.42 Å². The number of hydrogen-bond acceptors (Lipinski definition) is 5. The SMILES string of the molecule is CCOC(=O)NNC(=O)c1cccc2c(=O)c(C)c(-c3ccccc3)oc12. The third-order valence-electron chi connectivity index (χ3n) is 3.98. The summed E-state index contributed by atoms with van der Waals surface area (Å²) in [4.78, 5) is 36.6. The molecule has 2 aromatic carbocycles. The molecule has 0 aliphatic carbocycles. The molecule has 0 saturated heterocycles. The molecule has 0 bridgehead atoms. The number of benzene rings is 2. The van der Waals surface area contributed by atoms with Crippen molar-refractivity contribution in [3.8, 4) is 11.3 Å². The Morgan fingerprint density at radius 3 is 2.48 bits per heavy atom. The zero-order chi connectivity index (χ0) is 19.4. The summed E-state index contributed by atoms with van der Waals surface area (Å²) < 4.78 is 10.7. The van der Waals surface area contributed by atoms with Gasteiger partial charge < -0.3 is 9.15 Å². The monoisotopic (exact) mass is 366 g/mol. The third kappa shape index (κ3) is 3.67. The predicted octanol–water partition coefficient (Wildman–Crippen LogP) is 3.16. The van der Waals surface area contributed by atoms with Gasteiger partial charge in [0.25, 0.3) is 5.91 Å². The summed E-state index contributed by atoms with van der Waals surface area (Å²) in [6, 6.07) is 13.9. The first kappa shape index (κ1) is 18.2. The van der Waals surface area contributed by atoms with Gasteiger partial charge in [0.1, 0.15) is 5.76 Å². The van der Waals surface area contributed by atoms with Crippen LogP contribution < -0.4 is 16.3 Å². The largest absolute Gasteiger partial charge is 0.455 e. The molecule has 0 spiro atoms. The van der Waals surface area contributed by atoms with Crippen LogP contribution in [0.5, 0.6) is 0 Å². The highest BCUT2D eigenvalue weighted by Crippen LogP contribution is 2.27.